The average Bonchev–Trinajstić information content (AvgIpc) is 2.41. The molecule has 0 aromatic heterocycles. The zero-order valence-electron chi connectivity index (χ0n) is 11.9. The van der Waals surface area contributed by atoms with E-state index in [1.165, 1.54) is 0 Å². The summed E-state index contributed by atoms with van der Waals surface area (Å²) in [6.07, 6.45) is 0. The molecule has 1 aliphatic rings. The number of hydrogen-bond acceptors (Lipinski definition) is 4. The highest BCUT2D eigenvalue weighted by Crippen LogP contribution is 2.19. The van der Waals surface area contributed by atoms with E-state index < -0.39 is 6.61 Å². The molecule has 112 valence electrons. The lowest BCUT2D eigenvalue weighted by Gasteiger charge is -2.34. The molecule has 1 aromatic rings. The molecular formula is C14H21F2N3O. The monoisotopic (exact) mass is 285 g/mol. The van der Waals surface area contributed by atoms with E-state index in [9.17, 15) is 8.78 Å². The first-order chi connectivity index (χ1) is 9.54. The molecule has 1 aromatic carbocycles. The molecular weight excluding hydrogens is 264 g/mol. The normalized spacial score (nSPS) is 19.2. The number of rotatable bonds is 5. The standard InChI is InChI=1S/C14H21F2N3O/c1-11(17-19-9-7-18(2)8-10-19)12-3-5-13(6-4-12)20-14(15)16/h3-6,11,14,17H,7-10H2,1-2H3. The number of halogens is 2. The van der Waals surface area contributed by atoms with Crippen LogP contribution in [0, 0.1) is 0 Å². The highest BCUT2D eigenvalue weighted by Gasteiger charge is 2.16. The van der Waals surface area contributed by atoms with Crippen LogP contribution in [0.2, 0.25) is 0 Å². The Hall–Kier alpha value is -1.24. The van der Waals surface area contributed by atoms with Crippen molar-refractivity contribution in [2.75, 3.05) is 33.2 Å². The minimum Gasteiger partial charge on any atom is -0.435 e. The van der Waals surface area contributed by atoms with Gasteiger partial charge in [-0.25, -0.2) is 10.4 Å². The van der Waals surface area contributed by atoms with E-state index in [0.717, 1.165) is 31.7 Å². The lowest BCUT2D eigenvalue weighted by atomic mass is 10.1. The molecule has 1 N–H and O–H groups in total. The Morgan fingerprint density at radius 3 is 2.25 bits per heavy atom. The topological polar surface area (TPSA) is 27.7 Å². The largest absolute Gasteiger partial charge is 0.435 e. The second kappa shape index (κ2) is 6.97. The van der Waals surface area contributed by atoms with Crippen molar-refractivity contribution < 1.29 is 13.5 Å². The third-order valence-electron chi connectivity index (χ3n) is 3.48. The van der Waals surface area contributed by atoms with Crippen LogP contribution < -0.4 is 10.2 Å². The Bertz CT molecular complexity index is 405. The van der Waals surface area contributed by atoms with Crippen LogP contribution in [0.15, 0.2) is 24.3 Å². The third-order valence-corrected chi connectivity index (χ3v) is 3.48. The predicted molar refractivity (Wildman–Crippen MR) is 73.7 cm³/mol. The Labute approximate surface area is 118 Å². The van der Waals surface area contributed by atoms with Gasteiger partial charge in [0.2, 0.25) is 0 Å². The van der Waals surface area contributed by atoms with Crippen molar-refractivity contribution in [1.82, 2.24) is 15.3 Å². The van der Waals surface area contributed by atoms with Gasteiger partial charge < -0.3 is 9.64 Å². The van der Waals surface area contributed by atoms with Gasteiger partial charge in [-0.05, 0) is 31.7 Å². The predicted octanol–water partition coefficient (Wildman–Crippen LogP) is 2.10. The molecule has 1 unspecified atom stereocenters. The summed E-state index contributed by atoms with van der Waals surface area (Å²) in [6, 6.07) is 6.91. The summed E-state index contributed by atoms with van der Waals surface area (Å²) in [6.45, 7) is 3.32. The van der Waals surface area contributed by atoms with E-state index >= 15 is 0 Å². The molecule has 0 radical (unpaired) electrons. The van der Waals surface area contributed by atoms with Gasteiger partial charge in [0.05, 0.1) is 0 Å². The molecule has 20 heavy (non-hydrogen) atoms. The van der Waals surface area contributed by atoms with E-state index in [1.807, 2.05) is 12.1 Å². The van der Waals surface area contributed by atoms with Gasteiger partial charge in [-0.2, -0.15) is 8.78 Å². The number of piperazine rings is 1. The van der Waals surface area contributed by atoms with Crippen LogP contribution in [0.3, 0.4) is 0 Å². The second-order valence-corrected chi connectivity index (χ2v) is 5.09. The highest BCUT2D eigenvalue weighted by molar-refractivity contribution is 5.28. The first-order valence-corrected chi connectivity index (χ1v) is 6.79. The van der Waals surface area contributed by atoms with Gasteiger partial charge in [-0.15, -0.1) is 0 Å². The summed E-state index contributed by atoms with van der Waals surface area (Å²) in [7, 11) is 2.11. The number of alkyl halides is 2. The van der Waals surface area contributed by atoms with Crippen molar-refractivity contribution in [3.63, 3.8) is 0 Å². The van der Waals surface area contributed by atoms with Gasteiger partial charge in [0.25, 0.3) is 0 Å². The Kier molecular flexibility index (Phi) is 5.28. The van der Waals surface area contributed by atoms with Crippen LogP contribution in [-0.4, -0.2) is 49.7 Å². The number of nitrogens with zero attached hydrogens (tertiary/aromatic N) is 2. The molecule has 0 saturated carbocycles. The molecule has 1 saturated heterocycles. The number of hydrogen-bond donors (Lipinski definition) is 1. The Balaban J connectivity index is 1.87. The summed E-state index contributed by atoms with van der Waals surface area (Å²) in [5.74, 6) is 0.190. The summed E-state index contributed by atoms with van der Waals surface area (Å²) in [5.41, 5.74) is 4.48. The van der Waals surface area contributed by atoms with Crippen molar-refractivity contribution in [1.29, 1.82) is 0 Å². The van der Waals surface area contributed by atoms with Crippen LogP contribution in [-0.2, 0) is 0 Å². The molecule has 0 amide bonds. The van der Waals surface area contributed by atoms with Gasteiger partial charge in [0.15, 0.2) is 0 Å². The maximum Gasteiger partial charge on any atom is 0.387 e. The van der Waals surface area contributed by atoms with Gasteiger partial charge >= 0.3 is 6.61 Å². The number of nitrogens with one attached hydrogen (secondary N) is 1. The lowest BCUT2D eigenvalue weighted by Crippen LogP contribution is -2.51. The molecule has 0 aliphatic carbocycles. The molecule has 1 heterocycles. The summed E-state index contributed by atoms with van der Waals surface area (Å²) in [4.78, 5) is 2.29. The molecule has 0 bridgehead atoms. The number of ether oxygens (including phenoxy) is 1. The zero-order valence-corrected chi connectivity index (χ0v) is 11.9. The first-order valence-electron chi connectivity index (χ1n) is 6.79. The average molecular weight is 285 g/mol. The highest BCUT2D eigenvalue weighted by atomic mass is 19.3. The van der Waals surface area contributed by atoms with Crippen LogP contribution in [0.5, 0.6) is 5.75 Å². The van der Waals surface area contributed by atoms with Crippen molar-refractivity contribution >= 4 is 0 Å². The van der Waals surface area contributed by atoms with Crippen molar-refractivity contribution in [3.05, 3.63) is 29.8 Å². The van der Waals surface area contributed by atoms with E-state index in [1.54, 1.807) is 12.1 Å². The summed E-state index contributed by atoms with van der Waals surface area (Å²) in [5, 5.41) is 2.20. The fourth-order valence-electron chi connectivity index (χ4n) is 2.22. The first kappa shape index (κ1) is 15.2. The third kappa shape index (κ3) is 4.40. The molecule has 0 spiro atoms. The second-order valence-electron chi connectivity index (χ2n) is 5.09. The molecule has 2 rings (SSSR count). The van der Waals surface area contributed by atoms with E-state index in [0.29, 0.717) is 0 Å². The number of benzene rings is 1. The number of likely N-dealkylation sites (N-methyl/N-ethyl adjacent to an activating group) is 1. The molecule has 6 heteroatoms. The zero-order chi connectivity index (χ0) is 14.5. The van der Waals surface area contributed by atoms with E-state index in [4.69, 9.17) is 0 Å². The summed E-state index contributed by atoms with van der Waals surface area (Å²) < 4.78 is 28.5. The van der Waals surface area contributed by atoms with Crippen molar-refractivity contribution in [2.24, 2.45) is 0 Å². The van der Waals surface area contributed by atoms with E-state index in [2.05, 4.69) is 34.0 Å². The number of hydrazine groups is 1. The van der Waals surface area contributed by atoms with Gasteiger partial charge in [0.1, 0.15) is 5.75 Å². The van der Waals surface area contributed by atoms with Crippen molar-refractivity contribution in [3.8, 4) is 5.75 Å². The fourth-order valence-corrected chi connectivity index (χ4v) is 2.22. The fraction of sp³-hybridized carbons (Fsp3) is 0.571. The van der Waals surface area contributed by atoms with Crippen LogP contribution in [0.1, 0.15) is 18.5 Å². The van der Waals surface area contributed by atoms with Crippen molar-refractivity contribution in [2.45, 2.75) is 19.6 Å². The smallest absolute Gasteiger partial charge is 0.387 e. The van der Waals surface area contributed by atoms with Gasteiger partial charge in [-0.3, -0.25) is 0 Å². The van der Waals surface area contributed by atoms with Crippen LogP contribution in [0.4, 0.5) is 8.78 Å². The Morgan fingerprint density at radius 2 is 1.70 bits per heavy atom. The SMILES string of the molecule is CC(NN1CCN(C)CC1)c1ccc(OC(F)F)cc1. The molecule has 1 atom stereocenters. The van der Waals surface area contributed by atoms with Crippen LogP contribution >= 0.6 is 0 Å². The Morgan fingerprint density at radius 1 is 1.10 bits per heavy atom. The lowest BCUT2D eigenvalue weighted by molar-refractivity contribution is -0.0498. The van der Waals surface area contributed by atoms with Crippen LogP contribution in [0.25, 0.3) is 0 Å². The minimum atomic E-state index is -2.78. The molecule has 1 fully saturated rings. The maximum absolute atomic E-state index is 12.1. The summed E-state index contributed by atoms with van der Waals surface area (Å²) >= 11 is 0. The van der Waals surface area contributed by atoms with Gasteiger partial charge in [-0.1, -0.05) is 12.1 Å². The van der Waals surface area contributed by atoms with Gasteiger partial charge in [0, 0.05) is 32.2 Å². The quantitative estimate of drug-likeness (QED) is 0.896. The van der Waals surface area contributed by atoms with E-state index in [-0.39, 0.29) is 11.8 Å². The maximum atomic E-state index is 12.1. The molecule has 4 nitrogen and oxygen atoms in total. The minimum absolute atomic E-state index is 0.138. The molecule has 1 aliphatic heterocycles.